The molecule has 0 aliphatic heterocycles. The van der Waals surface area contributed by atoms with Gasteiger partial charge in [0.15, 0.2) is 0 Å². The Labute approximate surface area is 178 Å². The van der Waals surface area contributed by atoms with E-state index in [2.05, 4.69) is 13.2 Å². The number of esters is 3. The molecular formula is C23H21FO7. The Kier molecular flexibility index (Phi) is 8.08. The van der Waals surface area contributed by atoms with Gasteiger partial charge in [0.1, 0.15) is 30.5 Å². The maximum Gasteiger partial charge on any atom is 0.371 e. The predicted molar refractivity (Wildman–Crippen MR) is 110 cm³/mol. The van der Waals surface area contributed by atoms with Gasteiger partial charge in [-0.2, -0.15) is 4.39 Å². The van der Waals surface area contributed by atoms with E-state index in [0.717, 1.165) is 0 Å². The highest BCUT2D eigenvalue weighted by atomic mass is 19.1. The van der Waals surface area contributed by atoms with Crippen molar-refractivity contribution in [3.8, 4) is 17.2 Å². The van der Waals surface area contributed by atoms with Crippen molar-refractivity contribution in [2.24, 2.45) is 0 Å². The molecule has 0 spiro atoms. The Morgan fingerprint density at radius 3 is 2.13 bits per heavy atom. The number of hydrogen-bond donors (Lipinski definition) is 0. The van der Waals surface area contributed by atoms with Gasteiger partial charge in [-0.25, -0.2) is 14.4 Å². The Hall–Kier alpha value is -3.94. The molecule has 8 heteroatoms. The molecule has 0 unspecified atom stereocenters. The minimum absolute atomic E-state index is 0.0759. The molecule has 0 saturated heterocycles. The van der Waals surface area contributed by atoms with Crippen LogP contribution in [0.15, 0.2) is 67.0 Å². The van der Waals surface area contributed by atoms with Gasteiger partial charge in [-0.3, -0.25) is 0 Å². The molecule has 0 fully saturated rings. The van der Waals surface area contributed by atoms with Crippen LogP contribution in [0, 0.1) is 6.92 Å². The quantitative estimate of drug-likeness (QED) is 0.257. The molecule has 2 aromatic rings. The first kappa shape index (κ1) is 23.3. The van der Waals surface area contributed by atoms with Gasteiger partial charge >= 0.3 is 17.9 Å². The number of aryl methyl sites for hydroxylation is 1. The zero-order valence-electron chi connectivity index (χ0n) is 17.1. The highest BCUT2D eigenvalue weighted by Crippen LogP contribution is 2.23. The second kappa shape index (κ2) is 10.7. The van der Waals surface area contributed by atoms with E-state index in [1.807, 2.05) is 0 Å². The monoisotopic (exact) mass is 428 g/mol. The molecule has 162 valence electrons. The van der Waals surface area contributed by atoms with E-state index in [4.69, 9.17) is 18.9 Å². The molecule has 0 bridgehead atoms. The van der Waals surface area contributed by atoms with Crippen molar-refractivity contribution in [3.05, 3.63) is 78.1 Å². The van der Waals surface area contributed by atoms with Gasteiger partial charge in [0.2, 0.25) is 5.83 Å². The van der Waals surface area contributed by atoms with E-state index in [1.165, 1.54) is 18.2 Å². The summed E-state index contributed by atoms with van der Waals surface area (Å²) in [6.45, 7) is 9.73. The lowest BCUT2D eigenvalue weighted by atomic mass is 10.1. The molecular weight excluding hydrogens is 407 g/mol. The second-order valence-corrected chi connectivity index (χ2v) is 6.40. The fourth-order valence-electron chi connectivity index (χ4n) is 2.23. The van der Waals surface area contributed by atoms with Crippen molar-refractivity contribution < 1.29 is 37.7 Å². The average molecular weight is 428 g/mol. The van der Waals surface area contributed by atoms with Crippen LogP contribution in [0.5, 0.6) is 17.2 Å². The van der Waals surface area contributed by atoms with Crippen molar-refractivity contribution >= 4 is 17.9 Å². The van der Waals surface area contributed by atoms with Crippen molar-refractivity contribution in [1.29, 1.82) is 0 Å². The lowest BCUT2D eigenvalue weighted by Crippen LogP contribution is -2.12. The molecule has 0 aliphatic rings. The Balaban J connectivity index is 1.90. The van der Waals surface area contributed by atoms with Gasteiger partial charge < -0.3 is 18.9 Å². The summed E-state index contributed by atoms with van der Waals surface area (Å²) in [5.74, 6) is -2.64. The molecule has 0 atom stereocenters. The summed E-state index contributed by atoms with van der Waals surface area (Å²) in [5.41, 5.74) is 0.971. The fourth-order valence-corrected chi connectivity index (χ4v) is 2.23. The van der Waals surface area contributed by atoms with Crippen LogP contribution >= 0.6 is 0 Å². The minimum atomic E-state index is -1.22. The van der Waals surface area contributed by atoms with E-state index in [-0.39, 0.29) is 30.3 Å². The second-order valence-electron chi connectivity index (χ2n) is 6.40. The largest absolute Gasteiger partial charge is 0.490 e. The molecule has 0 aromatic heterocycles. The van der Waals surface area contributed by atoms with Gasteiger partial charge in [-0.05, 0) is 61.9 Å². The van der Waals surface area contributed by atoms with Crippen molar-refractivity contribution in [2.45, 2.75) is 13.8 Å². The van der Waals surface area contributed by atoms with Crippen LogP contribution in [0.1, 0.15) is 22.8 Å². The van der Waals surface area contributed by atoms with Crippen molar-refractivity contribution in [3.63, 3.8) is 0 Å². The van der Waals surface area contributed by atoms with Gasteiger partial charge in [-0.15, -0.1) is 0 Å². The standard InChI is InChI=1S/C23H21FO7/c1-14(2)21(25)29-12-11-28-18-6-8-19(9-7-18)30-23(27)17-5-10-20(15(3)13-17)31-22(26)16(4)24/h5-10,13H,1,4,11-12H2,2-3H3. The van der Waals surface area contributed by atoms with E-state index < -0.39 is 23.7 Å². The molecule has 0 heterocycles. The summed E-state index contributed by atoms with van der Waals surface area (Å²) < 4.78 is 33.2. The number of benzene rings is 2. The number of carbonyl (C=O) groups excluding carboxylic acids is 3. The first-order valence-corrected chi connectivity index (χ1v) is 9.12. The first-order chi connectivity index (χ1) is 14.7. The zero-order chi connectivity index (χ0) is 23.0. The Morgan fingerprint density at radius 1 is 0.903 bits per heavy atom. The fraction of sp³-hybridized carbons (Fsp3) is 0.174. The molecule has 0 aliphatic carbocycles. The zero-order valence-corrected chi connectivity index (χ0v) is 17.1. The highest BCUT2D eigenvalue weighted by Gasteiger charge is 2.14. The smallest absolute Gasteiger partial charge is 0.371 e. The van der Waals surface area contributed by atoms with E-state index in [1.54, 1.807) is 38.1 Å². The van der Waals surface area contributed by atoms with Gasteiger partial charge in [-0.1, -0.05) is 13.2 Å². The van der Waals surface area contributed by atoms with Crippen molar-refractivity contribution in [1.82, 2.24) is 0 Å². The van der Waals surface area contributed by atoms with Crippen LogP contribution in [0.2, 0.25) is 0 Å². The van der Waals surface area contributed by atoms with Crippen LogP contribution in [0.25, 0.3) is 0 Å². The number of carbonyl (C=O) groups is 3. The molecule has 0 saturated carbocycles. The number of rotatable bonds is 9. The van der Waals surface area contributed by atoms with E-state index in [0.29, 0.717) is 16.9 Å². The summed E-state index contributed by atoms with van der Waals surface area (Å²) in [6.07, 6.45) is 0. The molecule has 7 nitrogen and oxygen atoms in total. The highest BCUT2D eigenvalue weighted by molar-refractivity contribution is 5.92. The summed E-state index contributed by atoms with van der Waals surface area (Å²) in [4.78, 5) is 34.9. The third-order valence-electron chi connectivity index (χ3n) is 3.80. The third kappa shape index (κ3) is 7.11. The van der Waals surface area contributed by atoms with Crippen LogP contribution in [0.4, 0.5) is 4.39 Å². The average Bonchev–Trinajstić information content (AvgIpc) is 2.73. The first-order valence-electron chi connectivity index (χ1n) is 9.12. The topological polar surface area (TPSA) is 88.1 Å². The molecule has 0 N–H and O–H groups in total. The van der Waals surface area contributed by atoms with Gasteiger partial charge in [0, 0.05) is 5.57 Å². The summed E-state index contributed by atoms with van der Waals surface area (Å²) in [7, 11) is 0. The molecule has 31 heavy (non-hydrogen) atoms. The molecule has 0 radical (unpaired) electrons. The molecule has 2 rings (SSSR count). The van der Waals surface area contributed by atoms with Crippen molar-refractivity contribution in [2.75, 3.05) is 13.2 Å². The number of hydrogen-bond acceptors (Lipinski definition) is 7. The van der Waals surface area contributed by atoms with Crippen LogP contribution in [0.3, 0.4) is 0 Å². The van der Waals surface area contributed by atoms with E-state index >= 15 is 0 Å². The van der Waals surface area contributed by atoms with Gasteiger partial charge in [0.05, 0.1) is 5.56 Å². The third-order valence-corrected chi connectivity index (χ3v) is 3.80. The SMILES string of the molecule is C=C(C)C(=O)OCCOc1ccc(OC(=O)c2ccc(OC(=O)C(=C)F)c(C)c2)cc1. The lowest BCUT2D eigenvalue weighted by Gasteiger charge is -2.10. The number of halogens is 1. The van der Waals surface area contributed by atoms with Crippen LogP contribution in [-0.2, 0) is 14.3 Å². The van der Waals surface area contributed by atoms with E-state index in [9.17, 15) is 18.8 Å². The maximum absolute atomic E-state index is 12.8. The Bertz CT molecular complexity index is 1010. The normalized spacial score (nSPS) is 10.0. The molecule has 0 amide bonds. The lowest BCUT2D eigenvalue weighted by molar-refractivity contribution is -0.139. The summed E-state index contributed by atoms with van der Waals surface area (Å²) in [5, 5.41) is 0. The molecule has 2 aromatic carbocycles. The minimum Gasteiger partial charge on any atom is -0.490 e. The maximum atomic E-state index is 12.8. The predicted octanol–water partition coefficient (Wildman–Crippen LogP) is 4.10. The summed E-state index contributed by atoms with van der Waals surface area (Å²) >= 11 is 0. The summed E-state index contributed by atoms with van der Waals surface area (Å²) in [6, 6.07) is 10.5. The number of ether oxygens (including phenoxy) is 4. The van der Waals surface area contributed by atoms with Crippen LogP contribution in [-0.4, -0.2) is 31.1 Å². The Morgan fingerprint density at radius 2 is 1.55 bits per heavy atom. The van der Waals surface area contributed by atoms with Crippen LogP contribution < -0.4 is 14.2 Å². The van der Waals surface area contributed by atoms with Gasteiger partial charge in [0.25, 0.3) is 0 Å².